The third kappa shape index (κ3) is 8.28. The average Bonchev–Trinajstić information content (AvgIpc) is 2.87. The molecule has 0 unspecified atom stereocenters. The number of hydrazine groups is 1. The van der Waals surface area contributed by atoms with Crippen LogP contribution in [0.25, 0.3) is 11.4 Å². The van der Waals surface area contributed by atoms with Gasteiger partial charge >= 0.3 is 0 Å². The fourth-order valence-electron chi connectivity index (χ4n) is 2.70. The van der Waals surface area contributed by atoms with E-state index < -0.39 is 0 Å². The summed E-state index contributed by atoms with van der Waals surface area (Å²) in [5, 5.41) is 3.40. The molecule has 0 saturated heterocycles. The predicted molar refractivity (Wildman–Crippen MR) is 134 cm³/mol. The maximum atomic E-state index is 11.9. The number of ether oxygens (including phenoxy) is 1. The molecule has 0 spiro atoms. The first kappa shape index (κ1) is 26.4. The molecule has 4 rings (SSSR count). The molecular weight excluding hydrogens is 493 g/mol. The van der Waals surface area contributed by atoms with Crippen LogP contribution in [0.5, 0.6) is 0 Å². The first-order chi connectivity index (χ1) is 16.2. The van der Waals surface area contributed by atoms with E-state index in [1.165, 1.54) is 13.3 Å². The molecule has 0 aliphatic heterocycles. The van der Waals surface area contributed by atoms with E-state index in [0.717, 1.165) is 17.1 Å². The number of allylic oxidation sites excluding steroid dienone is 4. The molecule has 34 heavy (non-hydrogen) atoms. The van der Waals surface area contributed by atoms with Crippen molar-refractivity contribution in [3.05, 3.63) is 115 Å². The van der Waals surface area contributed by atoms with Gasteiger partial charge in [-0.3, -0.25) is 20.2 Å². The van der Waals surface area contributed by atoms with Crippen molar-refractivity contribution in [2.45, 2.75) is 0 Å². The number of thiocarbonyl (C=S) groups is 1. The van der Waals surface area contributed by atoms with Crippen LogP contribution in [0.1, 0.15) is 0 Å². The quantitative estimate of drug-likeness (QED) is 0.202. The zero-order valence-corrected chi connectivity index (χ0v) is 20.1. The summed E-state index contributed by atoms with van der Waals surface area (Å²) in [6.45, 7) is 0. The zero-order valence-electron chi connectivity index (χ0n) is 18.3. The molecule has 0 bridgehead atoms. The van der Waals surface area contributed by atoms with E-state index in [-0.39, 0.29) is 22.3 Å². The molecule has 0 fully saturated rings. The number of pyridine rings is 2. The zero-order chi connectivity index (χ0) is 23.3. The van der Waals surface area contributed by atoms with Gasteiger partial charge in [-0.1, -0.05) is 36.4 Å². The Morgan fingerprint density at radius 1 is 0.941 bits per heavy atom. The first-order valence-corrected chi connectivity index (χ1v) is 10.5. The molecule has 1 aliphatic rings. The van der Waals surface area contributed by atoms with E-state index in [1.54, 1.807) is 30.6 Å². The normalized spacial score (nSPS) is 12.9. The van der Waals surface area contributed by atoms with E-state index in [2.05, 4.69) is 26.1 Å². The molecule has 7 nitrogen and oxygen atoms in total. The van der Waals surface area contributed by atoms with Crippen molar-refractivity contribution in [3.63, 3.8) is 0 Å². The van der Waals surface area contributed by atoms with E-state index >= 15 is 0 Å². The molecule has 0 saturated carbocycles. The van der Waals surface area contributed by atoms with Gasteiger partial charge in [0.2, 0.25) is 5.78 Å². The molecule has 176 valence electrons. The number of Topliss-reactive ketones (excluding diaryl/α,β-unsaturated/α-hetero) is 1. The Bertz CT molecular complexity index is 1120. The minimum absolute atomic E-state index is 0. The van der Waals surface area contributed by atoms with Crippen LogP contribution in [0, 0.1) is 0 Å². The number of nitrogens with one attached hydrogen (secondary N) is 3. The number of aromatic nitrogens is 2. The Labute approximate surface area is 214 Å². The van der Waals surface area contributed by atoms with Crippen molar-refractivity contribution >= 4 is 28.8 Å². The summed E-state index contributed by atoms with van der Waals surface area (Å²) in [5.74, 6) is 0.117. The van der Waals surface area contributed by atoms with E-state index in [0.29, 0.717) is 16.4 Å². The second-order valence-corrected chi connectivity index (χ2v) is 6.95. The summed E-state index contributed by atoms with van der Waals surface area (Å²) in [6, 6.07) is 21.1. The maximum Gasteiger partial charge on any atom is 0.229 e. The molecular formula is C25H23N5NiO2S. The van der Waals surface area contributed by atoms with Gasteiger partial charge in [-0.2, -0.15) is 0 Å². The first-order valence-electron chi connectivity index (χ1n) is 10.0. The van der Waals surface area contributed by atoms with Gasteiger partial charge in [-0.25, -0.2) is 0 Å². The van der Waals surface area contributed by atoms with Crippen LogP contribution in [0.3, 0.4) is 0 Å². The smallest absolute Gasteiger partial charge is 0.229 e. The predicted octanol–water partition coefficient (Wildman–Crippen LogP) is 4.17. The van der Waals surface area contributed by atoms with Crippen LogP contribution in [-0.2, 0) is 26.0 Å². The Hall–Kier alpha value is -3.81. The molecule has 3 aromatic rings. The summed E-state index contributed by atoms with van der Waals surface area (Å²) in [4.78, 5) is 20.3. The van der Waals surface area contributed by atoms with Crippen LogP contribution in [0.2, 0.25) is 0 Å². The van der Waals surface area contributed by atoms with Crippen molar-refractivity contribution in [2.24, 2.45) is 0 Å². The number of ketones is 1. The number of carbonyl (C=O) groups excluding carboxylic acids is 1. The van der Waals surface area contributed by atoms with E-state index in [4.69, 9.17) is 17.0 Å². The largest absolute Gasteiger partial charge is 0.493 e. The van der Waals surface area contributed by atoms with Crippen molar-refractivity contribution in [2.75, 3.05) is 12.4 Å². The van der Waals surface area contributed by atoms with E-state index in [9.17, 15) is 4.79 Å². The fourth-order valence-corrected chi connectivity index (χ4v) is 2.88. The fraction of sp³-hybridized carbons (Fsp3) is 0.0400. The third-order valence-corrected chi connectivity index (χ3v) is 4.47. The van der Waals surface area contributed by atoms with Crippen LogP contribution < -0.4 is 16.2 Å². The van der Waals surface area contributed by atoms with E-state index in [1.807, 2.05) is 66.7 Å². The number of methoxy groups -OCH3 is 1. The van der Waals surface area contributed by atoms with Gasteiger partial charge in [0.1, 0.15) is 0 Å². The Morgan fingerprint density at radius 2 is 1.56 bits per heavy atom. The summed E-state index contributed by atoms with van der Waals surface area (Å²) in [5.41, 5.74) is 8.74. The van der Waals surface area contributed by atoms with Crippen LogP contribution in [0.15, 0.2) is 115 Å². The SMILES string of the molecule is COC1=CC=C/C(=C/NNC(=S)Nc2ccccc2)C1=O.[Ni].c1ccc(-c2ccccn2)nc1. The van der Waals surface area contributed by atoms with Gasteiger partial charge in [0.05, 0.1) is 18.5 Å². The summed E-state index contributed by atoms with van der Waals surface area (Å²) in [7, 11) is 1.46. The standard InChI is InChI=1S/C15H15N3O2S.C10H8N2.Ni/c1-20-13-9-5-6-11(14(13)19)10-16-18-15(21)17-12-7-3-2-4-8-12;1-3-7-11-9(5-1)10-6-2-4-8-12-10;/h2-10,16H,1H3,(H2,17,18,21);1-8H;/b11-10-;;. The number of anilines is 1. The molecule has 2 heterocycles. The minimum atomic E-state index is -0.184. The van der Waals surface area contributed by atoms with Crippen molar-refractivity contribution in [3.8, 4) is 11.4 Å². The van der Waals surface area contributed by atoms with Crippen molar-refractivity contribution in [1.82, 2.24) is 20.8 Å². The van der Waals surface area contributed by atoms with Gasteiger partial charge in [-0.15, -0.1) is 0 Å². The molecule has 0 atom stereocenters. The van der Waals surface area contributed by atoms with Crippen LogP contribution in [0.4, 0.5) is 5.69 Å². The number of rotatable bonds is 5. The van der Waals surface area contributed by atoms with Crippen molar-refractivity contribution in [1.29, 1.82) is 0 Å². The second-order valence-electron chi connectivity index (χ2n) is 6.54. The molecule has 3 N–H and O–H groups in total. The number of hydrogen-bond donors (Lipinski definition) is 3. The monoisotopic (exact) mass is 515 g/mol. The number of benzene rings is 1. The molecule has 1 aromatic carbocycles. The molecule has 1 aliphatic carbocycles. The van der Waals surface area contributed by atoms with Gasteiger partial charge < -0.3 is 15.5 Å². The average molecular weight is 516 g/mol. The third-order valence-electron chi connectivity index (χ3n) is 4.27. The number of hydrogen-bond acceptors (Lipinski definition) is 6. The molecule has 2 aromatic heterocycles. The number of nitrogens with zero attached hydrogens (tertiary/aromatic N) is 2. The van der Waals surface area contributed by atoms with Gasteiger partial charge in [0.15, 0.2) is 10.9 Å². The Balaban J connectivity index is 0.000000266. The minimum Gasteiger partial charge on any atom is -0.493 e. The Kier molecular flexibility index (Phi) is 11.2. The molecule has 0 radical (unpaired) electrons. The van der Waals surface area contributed by atoms with Gasteiger partial charge in [0, 0.05) is 46.3 Å². The van der Waals surface area contributed by atoms with Crippen LogP contribution >= 0.6 is 12.2 Å². The summed E-state index contributed by atoms with van der Waals surface area (Å²) in [6.07, 6.45) is 10.1. The second kappa shape index (κ2) is 14.4. The number of carbonyl (C=O) groups is 1. The Morgan fingerprint density at radius 3 is 2.12 bits per heavy atom. The van der Waals surface area contributed by atoms with Gasteiger partial charge in [-0.05, 0) is 60.8 Å². The topological polar surface area (TPSA) is 88.2 Å². The molecule has 9 heteroatoms. The van der Waals surface area contributed by atoms with Crippen LogP contribution in [-0.4, -0.2) is 28.0 Å². The summed E-state index contributed by atoms with van der Waals surface area (Å²) < 4.78 is 4.97. The number of para-hydroxylation sites is 1. The van der Waals surface area contributed by atoms with Crippen molar-refractivity contribution < 1.29 is 26.0 Å². The maximum absolute atomic E-state index is 11.9. The summed E-state index contributed by atoms with van der Waals surface area (Å²) >= 11 is 5.13. The molecule has 0 amide bonds. The van der Waals surface area contributed by atoms with Gasteiger partial charge in [0.25, 0.3) is 0 Å².